The molecule has 1 radical (unpaired) electrons. The quantitative estimate of drug-likeness (QED) is 0.491. The Hall–Kier alpha value is 0.0222. The number of hydrogen-bond acceptors (Lipinski definition) is 3. The number of phenols is 1. The first-order chi connectivity index (χ1) is 6.16. The number of aromatic hydroxyl groups is 1. The van der Waals surface area contributed by atoms with E-state index in [0.717, 1.165) is 10.9 Å². The molecule has 3 nitrogen and oxygen atoms in total. The van der Waals surface area contributed by atoms with E-state index in [2.05, 4.69) is 12.1 Å². The van der Waals surface area contributed by atoms with Crippen molar-refractivity contribution in [2.45, 2.75) is 6.92 Å². The molecule has 1 aromatic heterocycles. The van der Waals surface area contributed by atoms with Crippen molar-refractivity contribution in [3.05, 3.63) is 40.2 Å². The maximum absolute atomic E-state index is 10.9. The zero-order valence-electron chi connectivity index (χ0n) is 7.90. The van der Waals surface area contributed by atoms with E-state index in [9.17, 15) is 4.79 Å². The smallest absolute Gasteiger partial charge is 0.330 e. The van der Waals surface area contributed by atoms with Crippen LogP contribution in [-0.4, -0.2) is 5.11 Å². The van der Waals surface area contributed by atoms with E-state index in [4.69, 9.17) is 9.52 Å². The summed E-state index contributed by atoms with van der Waals surface area (Å²) in [6.07, 6.45) is 0. The number of phenolic OH excluding ortho intramolecular Hbond substituents is 1. The van der Waals surface area contributed by atoms with Crippen molar-refractivity contribution in [3.63, 3.8) is 0 Å². The van der Waals surface area contributed by atoms with Gasteiger partial charge in [0.15, 0.2) is 0 Å². The van der Waals surface area contributed by atoms with Gasteiger partial charge in [-0.15, -0.1) is 11.3 Å². The van der Waals surface area contributed by atoms with Crippen LogP contribution in [0.4, 0.5) is 0 Å². The maximum Gasteiger partial charge on any atom is 0.330 e. The van der Waals surface area contributed by atoms with Gasteiger partial charge in [-0.05, 0) is 0 Å². The fourth-order valence-electron chi connectivity index (χ4n) is 1.18. The van der Waals surface area contributed by atoms with Crippen LogP contribution < -0.4 is 5.63 Å². The monoisotopic (exact) mass is 447 g/mol. The van der Waals surface area contributed by atoms with Crippen molar-refractivity contribution in [3.8, 4) is 5.75 Å². The van der Waals surface area contributed by atoms with Crippen molar-refractivity contribution in [2.75, 3.05) is 0 Å². The molecular weight excluding hydrogens is 441 g/mol. The Balaban J connectivity index is 0.000000980. The molecule has 1 aromatic carbocycles. The van der Waals surface area contributed by atoms with Crippen LogP contribution in [-0.2, 0) is 53.8 Å². The van der Waals surface area contributed by atoms with Gasteiger partial charge in [0.05, 0.1) is 0 Å². The van der Waals surface area contributed by atoms with Crippen LogP contribution in [0.25, 0.3) is 11.0 Å². The number of rotatable bonds is 0. The summed E-state index contributed by atoms with van der Waals surface area (Å²) in [7, 11) is 0. The third kappa shape index (κ3) is 3.24. The maximum atomic E-state index is 10.9. The largest absolute Gasteiger partial charge is 0.559 e. The van der Waals surface area contributed by atoms with E-state index >= 15 is 0 Å². The van der Waals surface area contributed by atoms with Gasteiger partial charge in [-0.3, -0.25) is 12.1 Å². The molecule has 0 atom stereocenters. The Morgan fingerprint density at radius 3 is 2.80 bits per heavy atom. The van der Waals surface area contributed by atoms with Gasteiger partial charge in [0.25, 0.3) is 0 Å². The van der Waals surface area contributed by atoms with Crippen molar-refractivity contribution < 1.29 is 63.3 Å². The summed E-state index contributed by atoms with van der Waals surface area (Å²) < 4.78 is 4.83. The molecular formula is C10H6O3WY-2. The molecule has 0 amide bonds. The van der Waals surface area contributed by atoms with E-state index in [1.165, 1.54) is 6.07 Å². The first-order valence-corrected chi connectivity index (χ1v) is 3.74. The Kier molecular flexibility index (Phi) is 5.94. The molecule has 1 heterocycles. The summed E-state index contributed by atoms with van der Waals surface area (Å²) in [5.41, 5.74) is 0.617. The Bertz CT molecular complexity index is 522. The van der Waals surface area contributed by atoms with Gasteiger partial charge < -0.3 is 15.6 Å². The van der Waals surface area contributed by atoms with Gasteiger partial charge >= 0.3 is 5.63 Å². The van der Waals surface area contributed by atoms with Gasteiger partial charge in [0.1, 0.15) is 0 Å². The summed E-state index contributed by atoms with van der Waals surface area (Å²) >= 11 is 0. The molecule has 0 saturated carbocycles. The molecule has 2 rings (SSSR count). The van der Waals surface area contributed by atoms with Gasteiger partial charge in [0, 0.05) is 59.8 Å². The topological polar surface area (TPSA) is 50.4 Å². The Morgan fingerprint density at radius 1 is 1.47 bits per heavy atom. The molecule has 75 valence electrons. The van der Waals surface area contributed by atoms with Crippen molar-refractivity contribution in [2.24, 2.45) is 0 Å². The molecule has 1 N–H and O–H groups in total. The second-order valence-corrected chi connectivity index (χ2v) is 2.75. The third-order valence-corrected chi connectivity index (χ3v) is 1.79. The molecule has 0 aliphatic heterocycles. The molecule has 0 bridgehead atoms. The predicted octanol–water partition coefficient (Wildman–Crippen LogP) is 1.40. The van der Waals surface area contributed by atoms with Crippen molar-refractivity contribution >= 4 is 11.0 Å². The predicted molar refractivity (Wildman–Crippen MR) is 46.6 cm³/mol. The summed E-state index contributed by atoms with van der Waals surface area (Å²) in [5.74, 6) is -0.152. The normalized spacial score (nSPS) is 9.13. The van der Waals surface area contributed by atoms with Gasteiger partial charge in [0.2, 0.25) is 0 Å². The molecule has 0 aliphatic rings. The fourth-order valence-corrected chi connectivity index (χ4v) is 1.18. The van der Waals surface area contributed by atoms with Gasteiger partial charge in [-0.25, -0.2) is 10.2 Å². The summed E-state index contributed by atoms with van der Waals surface area (Å²) in [6.45, 7) is 1.79. The van der Waals surface area contributed by atoms with Crippen LogP contribution >= 0.6 is 0 Å². The number of fused-ring (bicyclic) bond motifs is 1. The average molecular weight is 447 g/mol. The van der Waals surface area contributed by atoms with E-state index in [1.807, 2.05) is 0 Å². The van der Waals surface area contributed by atoms with E-state index in [1.54, 1.807) is 13.0 Å². The van der Waals surface area contributed by atoms with Crippen LogP contribution in [0.3, 0.4) is 0 Å². The van der Waals surface area contributed by atoms with Crippen molar-refractivity contribution in [1.82, 2.24) is 0 Å². The van der Waals surface area contributed by atoms with Gasteiger partial charge in [-0.2, -0.15) is 0 Å². The minimum Gasteiger partial charge on any atom is -0.559 e. The Morgan fingerprint density at radius 2 is 2.13 bits per heavy atom. The minimum absolute atomic E-state index is 0. The zero-order chi connectivity index (χ0) is 9.42. The first kappa shape index (κ1) is 15.0. The SMILES string of the molecule is Cc1cc(=O)oc2[c-]c(O)[c-]cc12.[W].[Y]. The standard InChI is InChI=1S/C10H6O3.W.Y/c1-6-4-10(12)13-9-5-7(11)2-3-8(6)9;;/h3-4,11H,1H3;;/q-2;;. The summed E-state index contributed by atoms with van der Waals surface area (Å²) in [4.78, 5) is 10.9. The number of benzene rings is 1. The molecule has 15 heavy (non-hydrogen) atoms. The van der Waals surface area contributed by atoms with Crippen LogP contribution in [0.1, 0.15) is 5.56 Å². The molecule has 0 unspecified atom stereocenters. The minimum atomic E-state index is -0.438. The molecule has 0 fully saturated rings. The van der Waals surface area contributed by atoms with E-state index in [-0.39, 0.29) is 65.1 Å². The van der Waals surface area contributed by atoms with E-state index in [0.29, 0.717) is 0 Å². The van der Waals surface area contributed by atoms with Crippen molar-refractivity contribution in [1.29, 1.82) is 0 Å². The fraction of sp³-hybridized carbons (Fsp3) is 0.100. The molecule has 0 saturated heterocycles. The Labute approximate surface area is 126 Å². The number of aryl methyl sites for hydroxylation is 1. The third-order valence-electron chi connectivity index (χ3n) is 1.79. The average Bonchev–Trinajstić information content (AvgIpc) is 2.02. The summed E-state index contributed by atoms with van der Waals surface area (Å²) in [5, 5.41) is 9.77. The van der Waals surface area contributed by atoms with Crippen LogP contribution in [0, 0.1) is 19.1 Å². The first-order valence-electron chi connectivity index (χ1n) is 3.74. The van der Waals surface area contributed by atoms with Crippen LogP contribution in [0.5, 0.6) is 5.75 Å². The van der Waals surface area contributed by atoms with E-state index < -0.39 is 5.63 Å². The molecule has 2 aromatic rings. The van der Waals surface area contributed by atoms with Crippen LogP contribution in [0.15, 0.2) is 21.3 Å². The second-order valence-electron chi connectivity index (χ2n) is 2.75. The molecule has 5 heteroatoms. The van der Waals surface area contributed by atoms with Crippen LogP contribution in [0.2, 0.25) is 0 Å². The molecule has 0 spiro atoms. The second kappa shape index (κ2) is 5.93. The summed E-state index contributed by atoms with van der Waals surface area (Å²) in [6, 6.07) is 8.04. The molecule has 0 aliphatic carbocycles. The van der Waals surface area contributed by atoms with Gasteiger partial charge in [-0.1, -0.05) is 12.5 Å². The zero-order valence-corrected chi connectivity index (χ0v) is 13.7. The number of hydrogen-bond donors (Lipinski definition) is 1.